The predicted molar refractivity (Wildman–Crippen MR) is 39.7 cm³/mol. The van der Waals surface area contributed by atoms with Crippen molar-refractivity contribution < 1.29 is 4.79 Å². The highest BCUT2D eigenvalue weighted by Crippen LogP contribution is 2.44. The van der Waals surface area contributed by atoms with Crippen LogP contribution in [0.3, 0.4) is 0 Å². The molecule has 0 aromatic rings. The molecule has 0 aliphatic heterocycles. The lowest BCUT2D eigenvalue weighted by Crippen LogP contribution is -1.94. The van der Waals surface area contributed by atoms with Gasteiger partial charge in [-0.1, -0.05) is 11.1 Å². The Balaban J connectivity index is 2.14. The van der Waals surface area contributed by atoms with E-state index < -0.39 is 0 Å². The molecule has 1 fully saturated rings. The first-order valence-corrected chi connectivity index (χ1v) is 4.03. The van der Waals surface area contributed by atoms with Crippen LogP contribution in [0.25, 0.3) is 0 Å². The average Bonchev–Trinajstić information content (AvgIpc) is 2.48. The van der Waals surface area contributed by atoms with Crippen molar-refractivity contribution in [1.82, 2.24) is 0 Å². The van der Waals surface area contributed by atoms with Crippen LogP contribution in [-0.2, 0) is 4.79 Å². The van der Waals surface area contributed by atoms with Gasteiger partial charge in [-0.15, -0.1) is 0 Å². The summed E-state index contributed by atoms with van der Waals surface area (Å²) in [7, 11) is 0. The summed E-state index contributed by atoms with van der Waals surface area (Å²) in [6.45, 7) is 0. The molecule has 0 aromatic heterocycles. The first kappa shape index (κ1) is 6.14. The molecule has 0 radical (unpaired) electrons. The van der Waals surface area contributed by atoms with Crippen molar-refractivity contribution in [3.63, 3.8) is 0 Å². The normalized spacial score (nSPS) is 29.8. The van der Waals surface area contributed by atoms with Gasteiger partial charge in [0.1, 0.15) is 6.29 Å². The van der Waals surface area contributed by atoms with Gasteiger partial charge >= 0.3 is 0 Å². The number of carbonyl (C=O) groups excluding carboxylic acids is 1. The lowest BCUT2D eigenvalue weighted by Gasteiger charge is -2.08. The molecular formula is C9H12O. The van der Waals surface area contributed by atoms with Crippen LogP contribution in [0.2, 0.25) is 0 Å². The van der Waals surface area contributed by atoms with Gasteiger partial charge in [0.05, 0.1) is 0 Å². The summed E-state index contributed by atoms with van der Waals surface area (Å²) in [4.78, 5) is 10.2. The number of fused-ring (bicyclic) bond motifs is 2. The standard InChI is InChI=1S/C9H12O/c10-4-3-9-6-7-1-2-8(9)5-7/h4,7H,1-3,5-6H2. The van der Waals surface area contributed by atoms with Crippen LogP contribution in [0.5, 0.6) is 0 Å². The molecule has 2 aliphatic rings. The molecule has 0 aromatic carbocycles. The Bertz CT molecular complexity index is 191. The van der Waals surface area contributed by atoms with E-state index in [9.17, 15) is 4.79 Å². The molecule has 1 atom stereocenters. The Morgan fingerprint density at radius 3 is 2.90 bits per heavy atom. The summed E-state index contributed by atoms with van der Waals surface area (Å²) >= 11 is 0. The van der Waals surface area contributed by atoms with Gasteiger partial charge in [-0.2, -0.15) is 0 Å². The molecule has 10 heavy (non-hydrogen) atoms. The molecule has 1 saturated carbocycles. The van der Waals surface area contributed by atoms with E-state index in [1.165, 1.54) is 31.3 Å². The Morgan fingerprint density at radius 2 is 2.40 bits per heavy atom. The number of carbonyl (C=O) groups is 1. The highest BCUT2D eigenvalue weighted by molar-refractivity contribution is 5.55. The van der Waals surface area contributed by atoms with Crippen molar-refractivity contribution in [2.45, 2.75) is 32.1 Å². The number of allylic oxidation sites excluding steroid dienone is 2. The molecule has 2 bridgehead atoms. The molecule has 0 saturated heterocycles. The predicted octanol–water partition coefficient (Wildman–Crippen LogP) is 2.08. The lowest BCUT2D eigenvalue weighted by atomic mass is 9.97. The highest BCUT2D eigenvalue weighted by atomic mass is 16.1. The van der Waals surface area contributed by atoms with Gasteiger partial charge in [0.2, 0.25) is 0 Å². The van der Waals surface area contributed by atoms with Crippen molar-refractivity contribution >= 4 is 6.29 Å². The van der Waals surface area contributed by atoms with Gasteiger partial charge in [0.25, 0.3) is 0 Å². The summed E-state index contributed by atoms with van der Waals surface area (Å²) < 4.78 is 0. The third kappa shape index (κ3) is 0.808. The minimum Gasteiger partial charge on any atom is -0.303 e. The van der Waals surface area contributed by atoms with Crippen LogP contribution < -0.4 is 0 Å². The molecule has 0 N–H and O–H groups in total. The Hall–Kier alpha value is -0.590. The number of aldehydes is 1. The second-order valence-corrected chi connectivity index (χ2v) is 3.39. The average molecular weight is 136 g/mol. The van der Waals surface area contributed by atoms with Crippen LogP contribution in [0.1, 0.15) is 32.1 Å². The number of hydrogen-bond donors (Lipinski definition) is 0. The van der Waals surface area contributed by atoms with Gasteiger partial charge in [-0.05, 0) is 31.6 Å². The smallest absolute Gasteiger partial charge is 0.124 e. The van der Waals surface area contributed by atoms with Crippen LogP contribution >= 0.6 is 0 Å². The lowest BCUT2D eigenvalue weighted by molar-refractivity contribution is -0.107. The second kappa shape index (κ2) is 2.22. The Labute approximate surface area is 61.1 Å². The minimum absolute atomic E-state index is 0.714. The molecule has 1 nitrogen and oxygen atoms in total. The largest absolute Gasteiger partial charge is 0.303 e. The van der Waals surface area contributed by atoms with Gasteiger partial charge in [0, 0.05) is 6.42 Å². The molecule has 0 spiro atoms. The van der Waals surface area contributed by atoms with E-state index in [0.29, 0.717) is 6.42 Å². The van der Waals surface area contributed by atoms with E-state index in [2.05, 4.69) is 0 Å². The number of hydrogen-bond acceptors (Lipinski definition) is 1. The van der Waals surface area contributed by atoms with Crippen molar-refractivity contribution in [2.75, 3.05) is 0 Å². The maximum Gasteiger partial charge on any atom is 0.124 e. The van der Waals surface area contributed by atoms with Crippen LogP contribution in [0.15, 0.2) is 11.1 Å². The van der Waals surface area contributed by atoms with Gasteiger partial charge in [-0.3, -0.25) is 0 Å². The monoisotopic (exact) mass is 136 g/mol. The summed E-state index contributed by atoms with van der Waals surface area (Å²) in [5.74, 6) is 0.921. The minimum atomic E-state index is 0.714. The fraction of sp³-hybridized carbons (Fsp3) is 0.667. The molecular weight excluding hydrogens is 124 g/mol. The molecule has 54 valence electrons. The van der Waals surface area contributed by atoms with Gasteiger partial charge in [0.15, 0.2) is 0 Å². The van der Waals surface area contributed by atoms with Gasteiger partial charge < -0.3 is 4.79 Å². The maximum absolute atomic E-state index is 10.2. The first-order valence-electron chi connectivity index (χ1n) is 4.03. The summed E-state index contributed by atoms with van der Waals surface area (Å²) in [5, 5.41) is 0. The van der Waals surface area contributed by atoms with Crippen LogP contribution in [-0.4, -0.2) is 6.29 Å². The summed E-state index contributed by atoms with van der Waals surface area (Å²) in [6, 6.07) is 0. The summed E-state index contributed by atoms with van der Waals surface area (Å²) in [6.07, 6.45) is 6.97. The maximum atomic E-state index is 10.2. The molecule has 0 heterocycles. The van der Waals surface area contributed by atoms with Crippen molar-refractivity contribution in [1.29, 1.82) is 0 Å². The zero-order valence-electron chi connectivity index (χ0n) is 6.10. The third-order valence-corrected chi connectivity index (χ3v) is 2.75. The Morgan fingerprint density at radius 1 is 1.50 bits per heavy atom. The first-order chi connectivity index (χ1) is 4.90. The van der Waals surface area contributed by atoms with E-state index in [1.54, 1.807) is 5.57 Å². The molecule has 0 amide bonds. The van der Waals surface area contributed by atoms with Crippen LogP contribution in [0, 0.1) is 5.92 Å². The van der Waals surface area contributed by atoms with E-state index in [0.717, 1.165) is 12.2 Å². The quantitative estimate of drug-likeness (QED) is 0.419. The Kier molecular flexibility index (Phi) is 1.37. The summed E-state index contributed by atoms with van der Waals surface area (Å²) in [5.41, 5.74) is 3.07. The number of rotatable bonds is 2. The SMILES string of the molecule is O=CCC1=C2CCC(C1)C2. The van der Waals surface area contributed by atoms with E-state index in [1.807, 2.05) is 0 Å². The topological polar surface area (TPSA) is 17.1 Å². The van der Waals surface area contributed by atoms with Crippen LogP contribution in [0.4, 0.5) is 0 Å². The molecule has 2 rings (SSSR count). The zero-order valence-corrected chi connectivity index (χ0v) is 6.10. The second-order valence-electron chi connectivity index (χ2n) is 3.39. The molecule has 1 unspecified atom stereocenters. The fourth-order valence-corrected chi connectivity index (χ4v) is 2.25. The van der Waals surface area contributed by atoms with E-state index >= 15 is 0 Å². The molecule has 2 aliphatic carbocycles. The fourth-order valence-electron chi connectivity index (χ4n) is 2.25. The van der Waals surface area contributed by atoms with E-state index in [-0.39, 0.29) is 0 Å². The van der Waals surface area contributed by atoms with Crippen molar-refractivity contribution in [3.05, 3.63) is 11.1 Å². The zero-order chi connectivity index (χ0) is 6.97. The van der Waals surface area contributed by atoms with Crippen molar-refractivity contribution in [2.24, 2.45) is 5.92 Å². The van der Waals surface area contributed by atoms with Crippen molar-refractivity contribution in [3.8, 4) is 0 Å². The molecule has 1 heteroatoms. The third-order valence-electron chi connectivity index (χ3n) is 2.75. The van der Waals surface area contributed by atoms with E-state index in [4.69, 9.17) is 0 Å². The van der Waals surface area contributed by atoms with Gasteiger partial charge in [-0.25, -0.2) is 0 Å². The highest BCUT2D eigenvalue weighted by Gasteiger charge is 2.29.